The molecule has 4 saturated carbocycles. The fourth-order valence-corrected chi connectivity index (χ4v) is 7.05. The zero-order valence-electron chi connectivity index (χ0n) is 15.4. The van der Waals surface area contributed by atoms with Gasteiger partial charge in [-0.1, -0.05) is 27.7 Å². The monoisotopic (exact) mass is 318 g/mol. The first kappa shape index (κ1) is 16.0. The number of hydrogen-bond acceptors (Lipinski definition) is 2. The Labute approximate surface area is 141 Å². The topological polar surface area (TPSA) is 26.3 Å². The lowest BCUT2D eigenvalue weighted by Gasteiger charge is -2.45. The van der Waals surface area contributed by atoms with Crippen molar-refractivity contribution in [1.29, 1.82) is 0 Å². The maximum atomic E-state index is 12.5. The normalized spacial score (nSPS) is 47.1. The van der Waals surface area contributed by atoms with E-state index in [4.69, 9.17) is 4.74 Å². The minimum Gasteiger partial charge on any atom is -0.459 e. The molecule has 0 aromatic heterocycles. The average molecular weight is 319 g/mol. The molecule has 4 aliphatic rings. The summed E-state index contributed by atoms with van der Waals surface area (Å²) in [5.74, 6) is 5.46. The van der Waals surface area contributed by atoms with Crippen LogP contribution in [0.5, 0.6) is 0 Å². The zero-order valence-corrected chi connectivity index (χ0v) is 15.4. The second-order valence-corrected chi connectivity index (χ2v) is 10.2. The molecular weight excluding hydrogens is 284 g/mol. The van der Waals surface area contributed by atoms with Gasteiger partial charge >= 0.3 is 5.97 Å². The van der Waals surface area contributed by atoms with Gasteiger partial charge in [-0.25, -0.2) is 0 Å². The fourth-order valence-electron chi connectivity index (χ4n) is 7.05. The van der Waals surface area contributed by atoms with Crippen LogP contribution < -0.4 is 0 Å². The van der Waals surface area contributed by atoms with Gasteiger partial charge in [0.05, 0.1) is 0 Å². The number of rotatable bonds is 4. The lowest BCUT2D eigenvalue weighted by Crippen LogP contribution is -2.47. The molecule has 7 atom stereocenters. The first-order valence-electron chi connectivity index (χ1n) is 10.0. The molecule has 7 unspecified atom stereocenters. The first-order valence-corrected chi connectivity index (χ1v) is 10.0. The summed E-state index contributed by atoms with van der Waals surface area (Å²) in [7, 11) is 0. The van der Waals surface area contributed by atoms with Crippen molar-refractivity contribution in [3.63, 3.8) is 0 Å². The highest BCUT2D eigenvalue weighted by molar-refractivity contribution is 5.70. The van der Waals surface area contributed by atoms with E-state index >= 15 is 0 Å². The highest BCUT2D eigenvalue weighted by atomic mass is 16.6. The highest BCUT2D eigenvalue weighted by Crippen LogP contribution is 2.70. The van der Waals surface area contributed by atoms with Crippen molar-refractivity contribution in [2.75, 3.05) is 0 Å². The molecule has 4 rings (SSSR count). The molecule has 0 aromatic carbocycles. The van der Waals surface area contributed by atoms with E-state index < -0.39 is 0 Å². The molecule has 4 bridgehead atoms. The SMILES string of the molecule is CCC1(OC(=O)CCC(C)(C)C)CC2CC1C1C3CCC(C3)C21. The summed E-state index contributed by atoms with van der Waals surface area (Å²) >= 11 is 0. The molecule has 0 heterocycles. The van der Waals surface area contributed by atoms with Crippen LogP contribution in [0.25, 0.3) is 0 Å². The van der Waals surface area contributed by atoms with Gasteiger partial charge in [-0.15, -0.1) is 0 Å². The lowest BCUT2D eigenvalue weighted by atomic mass is 9.65. The highest BCUT2D eigenvalue weighted by Gasteiger charge is 2.67. The zero-order chi connectivity index (χ0) is 16.4. The summed E-state index contributed by atoms with van der Waals surface area (Å²) in [6.45, 7) is 8.85. The Kier molecular flexibility index (Phi) is 3.63. The predicted octanol–water partition coefficient (Wildman–Crippen LogP) is 5.21. The van der Waals surface area contributed by atoms with Crippen molar-refractivity contribution in [3.05, 3.63) is 0 Å². The summed E-state index contributed by atoms with van der Waals surface area (Å²) in [5.41, 5.74) is 0.105. The van der Waals surface area contributed by atoms with Crippen LogP contribution in [-0.2, 0) is 9.53 Å². The lowest BCUT2D eigenvalue weighted by molar-refractivity contribution is -0.173. The average Bonchev–Trinajstić information content (AvgIpc) is 3.22. The summed E-state index contributed by atoms with van der Waals surface area (Å²) in [5, 5.41) is 0. The Morgan fingerprint density at radius 3 is 2.43 bits per heavy atom. The summed E-state index contributed by atoms with van der Waals surface area (Å²) < 4.78 is 6.25. The molecule has 4 aliphatic carbocycles. The third kappa shape index (κ3) is 2.46. The Bertz CT molecular complexity index is 491. The number of carbonyl (C=O) groups is 1. The third-order valence-electron chi connectivity index (χ3n) is 7.89. The molecule has 0 aromatic rings. The van der Waals surface area contributed by atoms with Gasteiger partial charge in [-0.2, -0.15) is 0 Å². The molecular formula is C21H34O2. The Morgan fingerprint density at radius 1 is 1.09 bits per heavy atom. The van der Waals surface area contributed by atoms with Gasteiger partial charge in [0.1, 0.15) is 5.60 Å². The second kappa shape index (κ2) is 5.23. The van der Waals surface area contributed by atoms with Crippen LogP contribution in [0.4, 0.5) is 0 Å². The molecule has 0 aliphatic heterocycles. The summed E-state index contributed by atoms with van der Waals surface area (Å²) in [6.07, 6.45) is 9.48. The molecule has 0 radical (unpaired) electrons. The first-order chi connectivity index (χ1) is 10.8. The predicted molar refractivity (Wildman–Crippen MR) is 91.8 cm³/mol. The van der Waals surface area contributed by atoms with Crippen molar-refractivity contribution in [2.24, 2.45) is 40.9 Å². The van der Waals surface area contributed by atoms with E-state index in [0.717, 1.165) is 42.4 Å². The molecule has 0 amide bonds. The van der Waals surface area contributed by atoms with Crippen LogP contribution in [-0.4, -0.2) is 11.6 Å². The van der Waals surface area contributed by atoms with E-state index in [1.165, 1.54) is 32.1 Å². The molecule has 130 valence electrons. The largest absolute Gasteiger partial charge is 0.459 e. The molecule has 0 N–H and O–H groups in total. The van der Waals surface area contributed by atoms with Gasteiger partial charge in [0.2, 0.25) is 0 Å². The molecule has 2 heteroatoms. The molecule has 0 saturated heterocycles. The summed E-state index contributed by atoms with van der Waals surface area (Å²) in [6, 6.07) is 0. The standard InChI is InChI=1S/C21H34O2/c1-5-21(23-17(22)8-9-20(2,3)4)12-15-11-16(21)19-14-7-6-13(10-14)18(15)19/h13-16,18-19H,5-12H2,1-4H3. The number of carbonyl (C=O) groups excluding carboxylic acids is 1. The van der Waals surface area contributed by atoms with E-state index in [2.05, 4.69) is 27.7 Å². The van der Waals surface area contributed by atoms with Crippen molar-refractivity contribution in [2.45, 2.75) is 84.7 Å². The number of hydrogen-bond donors (Lipinski definition) is 0. The fraction of sp³-hybridized carbons (Fsp3) is 0.952. The van der Waals surface area contributed by atoms with Gasteiger partial charge in [-0.3, -0.25) is 4.79 Å². The quantitative estimate of drug-likeness (QED) is 0.525. The van der Waals surface area contributed by atoms with Crippen LogP contribution >= 0.6 is 0 Å². The van der Waals surface area contributed by atoms with E-state index in [0.29, 0.717) is 12.3 Å². The van der Waals surface area contributed by atoms with Crippen molar-refractivity contribution in [1.82, 2.24) is 0 Å². The number of esters is 1. The summed E-state index contributed by atoms with van der Waals surface area (Å²) in [4.78, 5) is 12.5. The van der Waals surface area contributed by atoms with Crippen molar-refractivity contribution in [3.8, 4) is 0 Å². The van der Waals surface area contributed by atoms with Crippen LogP contribution in [0.15, 0.2) is 0 Å². The van der Waals surface area contributed by atoms with E-state index in [-0.39, 0.29) is 17.0 Å². The molecule has 2 nitrogen and oxygen atoms in total. The second-order valence-electron chi connectivity index (χ2n) is 10.2. The number of ether oxygens (including phenoxy) is 1. The van der Waals surface area contributed by atoms with Crippen molar-refractivity contribution >= 4 is 5.97 Å². The maximum absolute atomic E-state index is 12.5. The van der Waals surface area contributed by atoms with Gasteiger partial charge in [0, 0.05) is 12.3 Å². The minimum absolute atomic E-state index is 0.0639. The van der Waals surface area contributed by atoms with Gasteiger partial charge < -0.3 is 4.74 Å². The van der Waals surface area contributed by atoms with Crippen LogP contribution in [0.2, 0.25) is 0 Å². The van der Waals surface area contributed by atoms with Crippen molar-refractivity contribution < 1.29 is 9.53 Å². The van der Waals surface area contributed by atoms with Crippen LogP contribution in [0.3, 0.4) is 0 Å². The van der Waals surface area contributed by atoms with Gasteiger partial charge in [0.25, 0.3) is 0 Å². The van der Waals surface area contributed by atoms with E-state index in [1.807, 2.05) is 0 Å². The Morgan fingerprint density at radius 2 is 1.78 bits per heavy atom. The van der Waals surface area contributed by atoms with E-state index in [1.54, 1.807) is 0 Å². The maximum Gasteiger partial charge on any atom is 0.306 e. The molecule has 4 fully saturated rings. The van der Waals surface area contributed by atoms with E-state index in [9.17, 15) is 4.79 Å². The van der Waals surface area contributed by atoms with Gasteiger partial charge in [-0.05, 0) is 80.0 Å². The molecule has 0 spiro atoms. The third-order valence-corrected chi connectivity index (χ3v) is 7.89. The Balaban J connectivity index is 1.46. The Hall–Kier alpha value is -0.530. The van der Waals surface area contributed by atoms with Crippen LogP contribution in [0.1, 0.15) is 79.1 Å². The van der Waals surface area contributed by atoms with Crippen LogP contribution in [0, 0.1) is 40.9 Å². The van der Waals surface area contributed by atoms with Gasteiger partial charge in [0.15, 0.2) is 0 Å². The smallest absolute Gasteiger partial charge is 0.306 e. The minimum atomic E-state index is -0.106. The number of fused-ring (bicyclic) bond motifs is 9. The molecule has 23 heavy (non-hydrogen) atoms.